The van der Waals surface area contributed by atoms with E-state index in [9.17, 15) is 9.18 Å². The minimum Gasteiger partial charge on any atom is -0.342 e. The van der Waals surface area contributed by atoms with Crippen molar-refractivity contribution in [1.29, 1.82) is 0 Å². The Kier molecular flexibility index (Phi) is 6.49. The summed E-state index contributed by atoms with van der Waals surface area (Å²) < 4.78 is 14.4. The molecule has 6 nitrogen and oxygen atoms in total. The van der Waals surface area contributed by atoms with Crippen molar-refractivity contribution in [3.05, 3.63) is 41.5 Å². The zero-order valence-electron chi connectivity index (χ0n) is 14.7. The molecule has 2 aromatic rings. The molecule has 1 aliphatic rings. The Hall–Kier alpha value is -2.09. The van der Waals surface area contributed by atoms with Crippen LogP contribution in [0.5, 0.6) is 0 Å². The molecule has 1 amide bonds. The number of amides is 1. The van der Waals surface area contributed by atoms with E-state index in [1.54, 1.807) is 12.1 Å². The van der Waals surface area contributed by atoms with Crippen molar-refractivity contribution in [2.24, 2.45) is 0 Å². The average molecular weight is 377 g/mol. The largest absolute Gasteiger partial charge is 0.342 e. The number of hydrogen-bond donors (Lipinski definition) is 1. The third kappa shape index (κ3) is 4.97. The molecule has 2 N–H and O–H groups in total. The lowest BCUT2D eigenvalue weighted by molar-refractivity contribution is -0.128. The van der Waals surface area contributed by atoms with Crippen molar-refractivity contribution in [2.75, 3.05) is 24.7 Å². The van der Waals surface area contributed by atoms with Gasteiger partial charge in [0.05, 0.1) is 5.75 Å². The summed E-state index contributed by atoms with van der Waals surface area (Å²) in [5.74, 6) is 6.80. The molecule has 1 aromatic carbocycles. The number of carbonyl (C=O) groups is 1. The van der Waals surface area contributed by atoms with Gasteiger partial charge in [-0.1, -0.05) is 43.2 Å². The second kappa shape index (κ2) is 9.02. The number of aromatic nitrogens is 3. The summed E-state index contributed by atoms with van der Waals surface area (Å²) in [7, 11) is 0. The molecule has 26 heavy (non-hydrogen) atoms. The van der Waals surface area contributed by atoms with Crippen LogP contribution in [-0.2, 0) is 11.2 Å². The summed E-state index contributed by atoms with van der Waals surface area (Å²) in [6.45, 7) is 1.68. The molecule has 0 bridgehead atoms. The summed E-state index contributed by atoms with van der Waals surface area (Å²) in [5, 5.41) is 8.70. The predicted molar refractivity (Wildman–Crippen MR) is 99.8 cm³/mol. The first kappa shape index (κ1) is 18.7. The van der Waals surface area contributed by atoms with Crippen LogP contribution in [0.3, 0.4) is 0 Å². The number of rotatable bonds is 5. The van der Waals surface area contributed by atoms with Crippen molar-refractivity contribution in [3.63, 3.8) is 0 Å². The first-order valence-electron chi connectivity index (χ1n) is 8.98. The van der Waals surface area contributed by atoms with E-state index in [0.717, 1.165) is 31.5 Å². The summed E-state index contributed by atoms with van der Waals surface area (Å²) in [4.78, 5) is 14.4. The zero-order chi connectivity index (χ0) is 18.4. The van der Waals surface area contributed by atoms with Crippen molar-refractivity contribution in [1.82, 2.24) is 19.8 Å². The third-order valence-electron chi connectivity index (χ3n) is 4.54. The minimum atomic E-state index is -0.276. The van der Waals surface area contributed by atoms with Crippen molar-refractivity contribution in [3.8, 4) is 0 Å². The predicted octanol–water partition coefficient (Wildman–Crippen LogP) is 2.61. The summed E-state index contributed by atoms with van der Waals surface area (Å²) in [5.41, 5.74) is 0.902. The van der Waals surface area contributed by atoms with Gasteiger partial charge in [-0.3, -0.25) is 4.79 Å². The normalized spacial score (nSPS) is 15.5. The van der Waals surface area contributed by atoms with Gasteiger partial charge in [0.1, 0.15) is 5.82 Å². The van der Waals surface area contributed by atoms with Crippen LogP contribution in [0.1, 0.15) is 43.5 Å². The maximum atomic E-state index is 13.0. The molecular weight excluding hydrogens is 353 g/mol. The van der Waals surface area contributed by atoms with Crippen LogP contribution in [0.25, 0.3) is 0 Å². The minimum absolute atomic E-state index is 0.125. The Balaban J connectivity index is 1.55. The van der Waals surface area contributed by atoms with Crippen LogP contribution in [0, 0.1) is 5.82 Å². The van der Waals surface area contributed by atoms with Crippen molar-refractivity contribution >= 4 is 17.7 Å². The highest BCUT2D eigenvalue weighted by Crippen LogP contribution is 2.18. The number of thioether (sulfide) groups is 1. The molecule has 0 atom stereocenters. The molecule has 0 radical (unpaired) electrons. The number of benzene rings is 1. The molecule has 2 heterocycles. The number of likely N-dealkylation sites (tertiary alicyclic amines) is 1. The highest BCUT2D eigenvalue weighted by molar-refractivity contribution is 7.99. The van der Waals surface area contributed by atoms with E-state index in [2.05, 4.69) is 10.2 Å². The summed E-state index contributed by atoms with van der Waals surface area (Å²) in [6.07, 6.45) is 6.27. The smallest absolute Gasteiger partial charge is 0.233 e. The Bertz CT molecular complexity index is 726. The van der Waals surface area contributed by atoms with Gasteiger partial charge in [-0.25, -0.2) is 9.07 Å². The van der Waals surface area contributed by atoms with Crippen LogP contribution in [0.2, 0.25) is 0 Å². The van der Waals surface area contributed by atoms with Crippen LogP contribution >= 0.6 is 11.8 Å². The molecule has 0 unspecified atom stereocenters. The molecule has 3 rings (SSSR count). The number of hydrogen-bond acceptors (Lipinski definition) is 5. The van der Waals surface area contributed by atoms with E-state index < -0.39 is 0 Å². The fraction of sp³-hybridized carbons (Fsp3) is 0.500. The monoisotopic (exact) mass is 377 g/mol. The molecule has 0 saturated carbocycles. The number of nitrogen functional groups attached to an aromatic ring is 1. The van der Waals surface area contributed by atoms with Gasteiger partial charge in [-0.2, -0.15) is 0 Å². The molecular formula is C18H24FN5OS. The van der Waals surface area contributed by atoms with Gasteiger partial charge >= 0.3 is 0 Å². The first-order valence-corrected chi connectivity index (χ1v) is 9.96. The van der Waals surface area contributed by atoms with Crippen LogP contribution < -0.4 is 5.84 Å². The molecule has 1 saturated heterocycles. The van der Waals surface area contributed by atoms with Gasteiger partial charge in [-0.15, -0.1) is 10.2 Å². The number of nitrogens with two attached hydrogens (primary N) is 1. The third-order valence-corrected chi connectivity index (χ3v) is 5.47. The fourth-order valence-electron chi connectivity index (χ4n) is 3.03. The van der Waals surface area contributed by atoms with E-state index >= 15 is 0 Å². The lowest BCUT2D eigenvalue weighted by atomic mass is 10.1. The molecule has 1 fully saturated rings. The van der Waals surface area contributed by atoms with E-state index in [1.165, 1.54) is 47.8 Å². The molecule has 0 aliphatic carbocycles. The van der Waals surface area contributed by atoms with E-state index in [0.29, 0.717) is 23.2 Å². The van der Waals surface area contributed by atoms with Gasteiger partial charge < -0.3 is 10.7 Å². The topological polar surface area (TPSA) is 77.0 Å². The Morgan fingerprint density at radius 2 is 1.73 bits per heavy atom. The highest BCUT2D eigenvalue weighted by atomic mass is 32.2. The second-order valence-electron chi connectivity index (χ2n) is 6.51. The lowest BCUT2D eigenvalue weighted by Crippen LogP contribution is -2.35. The maximum absolute atomic E-state index is 13.0. The molecule has 0 spiro atoms. The second-order valence-corrected chi connectivity index (χ2v) is 7.45. The highest BCUT2D eigenvalue weighted by Gasteiger charge is 2.17. The van der Waals surface area contributed by atoms with Gasteiger partial charge in [0, 0.05) is 19.5 Å². The molecule has 1 aliphatic heterocycles. The van der Waals surface area contributed by atoms with E-state index in [1.807, 2.05) is 4.90 Å². The molecule has 8 heteroatoms. The lowest BCUT2D eigenvalue weighted by Gasteiger charge is -2.24. The molecule has 1 aromatic heterocycles. The Morgan fingerprint density at radius 3 is 2.42 bits per heavy atom. The standard InChI is InChI=1S/C18H24FN5OS/c19-15-8-6-14(7-9-15)12-16-21-22-18(24(16)20)26-13-17(25)23-10-4-2-1-3-5-11-23/h6-9H,1-5,10-13,20H2. The van der Waals surface area contributed by atoms with Crippen LogP contribution in [0.4, 0.5) is 4.39 Å². The van der Waals surface area contributed by atoms with E-state index in [4.69, 9.17) is 5.84 Å². The van der Waals surface area contributed by atoms with Crippen LogP contribution in [-0.4, -0.2) is 44.5 Å². The van der Waals surface area contributed by atoms with Gasteiger partial charge in [0.15, 0.2) is 5.82 Å². The number of nitrogens with zero attached hydrogens (tertiary/aromatic N) is 4. The van der Waals surface area contributed by atoms with Gasteiger partial charge in [0.25, 0.3) is 0 Å². The zero-order valence-corrected chi connectivity index (χ0v) is 15.6. The van der Waals surface area contributed by atoms with Crippen molar-refractivity contribution < 1.29 is 9.18 Å². The maximum Gasteiger partial charge on any atom is 0.233 e. The quantitative estimate of drug-likeness (QED) is 0.640. The van der Waals surface area contributed by atoms with E-state index in [-0.39, 0.29) is 11.7 Å². The Labute approximate surface area is 156 Å². The van der Waals surface area contributed by atoms with Gasteiger partial charge in [-0.05, 0) is 30.5 Å². The van der Waals surface area contributed by atoms with Gasteiger partial charge in [0.2, 0.25) is 11.1 Å². The first-order chi connectivity index (χ1) is 12.6. The van der Waals surface area contributed by atoms with Crippen molar-refractivity contribution in [2.45, 2.75) is 43.7 Å². The summed E-state index contributed by atoms with van der Waals surface area (Å²) >= 11 is 1.31. The fourth-order valence-corrected chi connectivity index (χ4v) is 3.80. The van der Waals surface area contributed by atoms with Crippen LogP contribution in [0.15, 0.2) is 29.4 Å². The Morgan fingerprint density at radius 1 is 1.08 bits per heavy atom. The SMILES string of the molecule is Nn1c(Cc2ccc(F)cc2)nnc1SCC(=O)N1CCCCCCC1. The average Bonchev–Trinajstić information content (AvgIpc) is 2.94. The number of carbonyl (C=O) groups excluding carboxylic acids is 1. The number of halogens is 1. The summed E-state index contributed by atoms with van der Waals surface area (Å²) in [6, 6.07) is 6.21. The molecule has 140 valence electrons.